The van der Waals surface area contributed by atoms with Crippen LogP contribution in [0, 0.1) is 11.3 Å². The van der Waals surface area contributed by atoms with Crippen LogP contribution in [0.25, 0.3) is 0 Å². The predicted molar refractivity (Wildman–Crippen MR) is 94.3 cm³/mol. The van der Waals surface area contributed by atoms with Gasteiger partial charge in [-0.05, 0) is 31.8 Å². The van der Waals surface area contributed by atoms with Gasteiger partial charge in [-0.3, -0.25) is 14.6 Å². The molecule has 25 heavy (non-hydrogen) atoms. The number of carbonyl (C=O) groups excluding carboxylic acids is 2. The van der Waals surface area contributed by atoms with E-state index in [1.54, 1.807) is 12.2 Å². The molecule has 1 heterocycles. The lowest BCUT2D eigenvalue weighted by molar-refractivity contribution is -0.111. The summed E-state index contributed by atoms with van der Waals surface area (Å²) in [7, 11) is 0. The monoisotopic (exact) mass is 339 g/mol. The highest BCUT2D eigenvalue weighted by Gasteiger charge is 2.09. The highest BCUT2D eigenvalue weighted by atomic mass is 16.2. The maximum absolute atomic E-state index is 11.8. The number of ketones is 1. The van der Waals surface area contributed by atoms with Crippen molar-refractivity contribution in [2.24, 2.45) is 4.99 Å². The summed E-state index contributed by atoms with van der Waals surface area (Å²) in [6, 6.07) is 1.87. The molecule has 1 aromatic heterocycles. The smallest absolute Gasteiger partial charge is 0.287 e. The quantitative estimate of drug-likeness (QED) is 0.585. The molecule has 1 aromatic rings. The summed E-state index contributed by atoms with van der Waals surface area (Å²) in [4.78, 5) is 34.3. The van der Waals surface area contributed by atoms with Gasteiger partial charge in [-0.25, -0.2) is 4.98 Å². The van der Waals surface area contributed by atoms with Gasteiger partial charge in [0.2, 0.25) is 0 Å². The van der Waals surface area contributed by atoms with E-state index in [-0.39, 0.29) is 23.8 Å². The lowest BCUT2D eigenvalue weighted by atomic mass is 10.00. The van der Waals surface area contributed by atoms with Crippen LogP contribution < -0.4 is 5.32 Å². The second-order valence-corrected chi connectivity index (χ2v) is 5.74. The first-order valence-corrected chi connectivity index (χ1v) is 8.23. The van der Waals surface area contributed by atoms with E-state index < -0.39 is 5.91 Å². The first-order chi connectivity index (χ1) is 12.1. The third-order valence-corrected chi connectivity index (χ3v) is 3.77. The van der Waals surface area contributed by atoms with E-state index in [4.69, 9.17) is 5.26 Å². The van der Waals surface area contributed by atoms with Crippen molar-refractivity contribution in [3.05, 3.63) is 41.5 Å². The average molecular weight is 339 g/mol. The Morgan fingerprint density at radius 2 is 2.32 bits per heavy atom. The number of H-pyrrole nitrogens is 1. The topological polar surface area (TPSA) is 111 Å². The van der Waals surface area contributed by atoms with Crippen molar-refractivity contribution in [3.8, 4) is 6.07 Å². The molecule has 0 saturated carbocycles. The molecular formula is C18H21N5O2. The van der Waals surface area contributed by atoms with Gasteiger partial charge in [0.1, 0.15) is 17.5 Å². The Kier molecular flexibility index (Phi) is 6.84. The van der Waals surface area contributed by atoms with Gasteiger partial charge in [0.25, 0.3) is 5.91 Å². The third-order valence-electron chi connectivity index (χ3n) is 3.77. The van der Waals surface area contributed by atoms with E-state index in [0.717, 1.165) is 12.8 Å². The SMILES string of the molecule is CC(=O)C(/C=C\CNC(=O)c1ncc(C#N)[nH]1)=NCC1=CCCCC1. The van der Waals surface area contributed by atoms with Crippen molar-refractivity contribution in [1.29, 1.82) is 5.26 Å². The fourth-order valence-electron chi connectivity index (χ4n) is 2.42. The van der Waals surface area contributed by atoms with Gasteiger partial charge in [0.05, 0.1) is 12.7 Å². The summed E-state index contributed by atoms with van der Waals surface area (Å²) >= 11 is 0. The molecule has 0 aliphatic heterocycles. The van der Waals surface area contributed by atoms with Crippen LogP contribution in [0.4, 0.5) is 0 Å². The summed E-state index contributed by atoms with van der Waals surface area (Å²) in [5.74, 6) is -0.446. The van der Waals surface area contributed by atoms with Gasteiger partial charge in [-0.1, -0.05) is 17.7 Å². The third kappa shape index (κ3) is 5.84. The van der Waals surface area contributed by atoms with Crippen molar-refractivity contribution in [1.82, 2.24) is 15.3 Å². The van der Waals surface area contributed by atoms with Crippen LogP contribution in [0.15, 0.2) is 35.0 Å². The zero-order valence-electron chi connectivity index (χ0n) is 14.2. The first-order valence-electron chi connectivity index (χ1n) is 8.23. The number of aliphatic imine (C=N–C) groups is 1. The number of nitriles is 1. The van der Waals surface area contributed by atoms with Gasteiger partial charge in [0, 0.05) is 13.5 Å². The number of rotatable bonds is 7. The van der Waals surface area contributed by atoms with Crippen molar-refractivity contribution in [2.45, 2.75) is 32.6 Å². The second kappa shape index (κ2) is 9.33. The lowest BCUT2D eigenvalue weighted by Gasteiger charge is -2.10. The standard InChI is InChI=1S/C18H21N5O2/c1-13(24)16(21-11-14-6-3-2-4-7-14)8-5-9-20-18(25)17-22-12-15(10-19)23-17/h5-6,8,12H,2-4,7,9,11H2,1H3,(H,20,25)(H,22,23)/b8-5-,21-16?. The fraction of sp³-hybridized carbons (Fsp3) is 0.389. The van der Waals surface area contributed by atoms with Crippen molar-refractivity contribution >= 4 is 17.4 Å². The molecule has 1 amide bonds. The molecule has 1 aliphatic carbocycles. The van der Waals surface area contributed by atoms with E-state index in [2.05, 4.69) is 26.4 Å². The van der Waals surface area contributed by atoms with Crippen molar-refractivity contribution in [3.63, 3.8) is 0 Å². The van der Waals surface area contributed by atoms with Crippen LogP contribution in [-0.4, -0.2) is 40.5 Å². The van der Waals surface area contributed by atoms with Crippen LogP contribution in [0.3, 0.4) is 0 Å². The molecule has 0 fully saturated rings. The minimum atomic E-state index is -0.417. The highest BCUT2D eigenvalue weighted by Crippen LogP contribution is 2.17. The van der Waals surface area contributed by atoms with Crippen LogP contribution in [0.2, 0.25) is 0 Å². The number of imidazole rings is 1. The summed E-state index contributed by atoms with van der Waals surface area (Å²) in [5, 5.41) is 11.3. The summed E-state index contributed by atoms with van der Waals surface area (Å²) in [6.45, 7) is 2.26. The number of carbonyl (C=O) groups is 2. The Balaban J connectivity index is 1.86. The second-order valence-electron chi connectivity index (χ2n) is 5.74. The summed E-state index contributed by atoms with van der Waals surface area (Å²) in [5.41, 5.74) is 1.90. The minimum absolute atomic E-state index is 0.0784. The van der Waals surface area contributed by atoms with Gasteiger partial charge in [0.15, 0.2) is 11.6 Å². The number of nitrogens with one attached hydrogen (secondary N) is 2. The zero-order chi connectivity index (χ0) is 18.1. The van der Waals surface area contributed by atoms with Gasteiger partial charge >= 0.3 is 0 Å². The molecule has 0 atom stereocenters. The Morgan fingerprint density at radius 3 is 2.96 bits per heavy atom. The number of Topliss-reactive ketones (excluding diaryl/α,β-unsaturated/α-hetero) is 1. The van der Waals surface area contributed by atoms with Gasteiger partial charge in [-0.2, -0.15) is 5.26 Å². The van der Waals surface area contributed by atoms with Crippen molar-refractivity contribution < 1.29 is 9.59 Å². The largest absolute Gasteiger partial charge is 0.346 e. The molecule has 1 aliphatic rings. The van der Waals surface area contributed by atoms with E-state index in [9.17, 15) is 9.59 Å². The Labute approximate surface area is 146 Å². The fourth-order valence-corrected chi connectivity index (χ4v) is 2.42. The van der Waals surface area contributed by atoms with E-state index in [1.807, 2.05) is 6.07 Å². The predicted octanol–water partition coefficient (Wildman–Crippen LogP) is 2.10. The Bertz CT molecular complexity index is 765. The molecule has 130 valence electrons. The molecule has 2 N–H and O–H groups in total. The summed E-state index contributed by atoms with van der Waals surface area (Å²) < 4.78 is 0. The molecule has 7 heteroatoms. The molecule has 0 unspecified atom stereocenters. The number of allylic oxidation sites excluding steroid dienone is 2. The molecule has 0 aromatic carbocycles. The van der Waals surface area contributed by atoms with Crippen LogP contribution in [0.1, 0.15) is 48.9 Å². The molecule has 0 bridgehead atoms. The van der Waals surface area contributed by atoms with Gasteiger partial charge in [-0.15, -0.1) is 0 Å². The molecule has 0 saturated heterocycles. The number of hydrogen-bond donors (Lipinski definition) is 2. The number of hydrogen-bond acceptors (Lipinski definition) is 5. The van der Waals surface area contributed by atoms with Crippen LogP contribution in [-0.2, 0) is 4.79 Å². The molecule has 2 rings (SSSR count). The highest BCUT2D eigenvalue weighted by molar-refractivity contribution is 6.43. The van der Waals surface area contributed by atoms with Crippen molar-refractivity contribution in [2.75, 3.05) is 13.1 Å². The zero-order valence-corrected chi connectivity index (χ0v) is 14.2. The summed E-state index contributed by atoms with van der Waals surface area (Å²) in [6.07, 6.45) is 11.3. The average Bonchev–Trinajstić information content (AvgIpc) is 3.10. The maximum Gasteiger partial charge on any atom is 0.287 e. The number of amides is 1. The lowest BCUT2D eigenvalue weighted by Crippen LogP contribution is -2.24. The van der Waals surface area contributed by atoms with Crippen LogP contribution >= 0.6 is 0 Å². The van der Waals surface area contributed by atoms with Gasteiger partial charge < -0.3 is 10.3 Å². The Hall–Kier alpha value is -3.01. The molecular weight excluding hydrogens is 318 g/mol. The number of aromatic nitrogens is 2. The normalized spacial score (nSPS) is 14.9. The number of nitrogens with zero attached hydrogens (tertiary/aromatic N) is 3. The van der Waals surface area contributed by atoms with E-state index in [1.165, 1.54) is 31.5 Å². The molecule has 7 nitrogen and oxygen atoms in total. The van der Waals surface area contributed by atoms with Crippen LogP contribution in [0.5, 0.6) is 0 Å². The first kappa shape index (κ1) is 18.3. The minimum Gasteiger partial charge on any atom is -0.346 e. The van der Waals surface area contributed by atoms with E-state index >= 15 is 0 Å². The molecule has 0 radical (unpaired) electrons. The van der Waals surface area contributed by atoms with E-state index in [0.29, 0.717) is 12.3 Å². The Morgan fingerprint density at radius 1 is 1.48 bits per heavy atom. The number of aromatic amines is 1. The maximum atomic E-state index is 11.8. The molecule has 0 spiro atoms.